The molecule has 0 bridgehead atoms. The van der Waals surface area contributed by atoms with Gasteiger partial charge in [0.25, 0.3) is 0 Å². The van der Waals surface area contributed by atoms with Gasteiger partial charge in [-0.25, -0.2) is 19.0 Å². The molecule has 0 saturated carbocycles. The third-order valence-corrected chi connectivity index (χ3v) is 10.2. The molecule has 3 aromatic carbocycles. The van der Waals surface area contributed by atoms with Crippen LogP contribution in [-0.4, -0.2) is 69.4 Å². The van der Waals surface area contributed by atoms with E-state index in [1.165, 1.54) is 0 Å². The summed E-state index contributed by atoms with van der Waals surface area (Å²) in [7, 11) is 0. The van der Waals surface area contributed by atoms with Crippen molar-refractivity contribution in [2.24, 2.45) is 0 Å². The van der Waals surface area contributed by atoms with Gasteiger partial charge >= 0.3 is 5.69 Å². The van der Waals surface area contributed by atoms with Crippen LogP contribution in [0.25, 0.3) is 5.69 Å². The van der Waals surface area contributed by atoms with Gasteiger partial charge in [0, 0.05) is 60.5 Å². The molecule has 50 heavy (non-hydrogen) atoms. The highest BCUT2D eigenvalue weighted by atomic mass is 35.5. The van der Waals surface area contributed by atoms with Crippen molar-refractivity contribution in [1.82, 2.24) is 23.9 Å². The first-order chi connectivity index (χ1) is 24.2. The number of anilines is 2. The zero-order valence-corrected chi connectivity index (χ0v) is 29.9. The van der Waals surface area contributed by atoms with Gasteiger partial charge in [-0.2, -0.15) is 5.10 Å². The summed E-state index contributed by atoms with van der Waals surface area (Å²) in [6.07, 6.45) is 5.79. The molecule has 0 radical (unpaired) electrons. The van der Waals surface area contributed by atoms with Crippen molar-refractivity contribution in [3.63, 3.8) is 0 Å². The van der Waals surface area contributed by atoms with Crippen LogP contribution in [0.15, 0.2) is 90.2 Å². The van der Waals surface area contributed by atoms with Crippen molar-refractivity contribution in [3.05, 3.63) is 117 Å². The number of piperazine rings is 1. The third-order valence-electron chi connectivity index (χ3n) is 9.62. The van der Waals surface area contributed by atoms with E-state index in [9.17, 15) is 4.79 Å². The minimum atomic E-state index is -1.11. The Balaban J connectivity index is 0.932. The average Bonchev–Trinajstić information content (AvgIpc) is 3.86. The standard InChI is InChI=1S/C37H41Cl2N7O4/c1-4-26(2)46-36(47)45(25-41-46)31-8-6-29(7-9-31)42-17-19-43(20-18-42)30-10-12-32(13-11-30)48-22-33-23-49-37(50-33,24-44-16-15-40-27(44)3)34-14-5-28(38)21-35(34)39/h5-16,21,25-26,33H,4,17-20,22-24H2,1-3H3/t26?,33-,37-/m1/s1. The average molecular weight is 719 g/mol. The Morgan fingerprint density at radius 3 is 2.24 bits per heavy atom. The van der Waals surface area contributed by atoms with Gasteiger partial charge in [-0.1, -0.05) is 36.2 Å². The van der Waals surface area contributed by atoms with Gasteiger partial charge in [0.05, 0.1) is 29.9 Å². The first kappa shape index (κ1) is 34.2. The van der Waals surface area contributed by atoms with Gasteiger partial charge in [-0.05, 0) is 80.9 Å². The van der Waals surface area contributed by atoms with Crippen molar-refractivity contribution < 1.29 is 14.2 Å². The van der Waals surface area contributed by atoms with E-state index in [1.807, 2.05) is 61.9 Å². The number of nitrogens with zero attached hydrogens (tertiary/aromatic N) is 7. The van der Waals surface area contributed by atoms with Gasteiger partial charge < -0.3 is 28.6 Å². The molecular weight excluding hydrogens is 677 g/mol. The molecule has 0 N–H and O–H groups in total. The Bertz CT molecular complexity index is 1970. The van der Waals surface area contributed by atoms with E-state index in [0.29, 0.717) is 35.4 Å². The molecule has 0 spiro atoms. The lowest BCUT2D eigenvalue weighted by molar-refractivity contribution is -0.189. The van der Waals surface area contributed by atoms with Gasteiger partial charge in [0.2, 0.25) is 5.79 Å². The molecular formula is C37H41Cl2N7O4. The molecule has 2 aliphatic heterocycles. The summed E-state index contributed by atoms with van der Waals surface area (Å²) < 4.78 is 24.2. The number of hydrogen-bond donors (Lipinski definition) is 0. The van der Waals surface area contributed by atoms with E-state index in [2.05, 4.69) is 44.1 Å². The highest BCUT2D eigenvalue weighted by Gasteiger charge is 2.45. The second-order valence-corrected chi connectivity index (χ2v) is 13.7. The Morgan fingerprint density at radius 2 is 1.62 bits per heavy atom. The topological polar surface area (TPSA) is 91.8 Å². The summed E-state index contributed by atoms with van der Waals surface area (Å²) in [6.45, 7) is 10.6. The third kappa shape index (κ3) is 7.00. The van der Waals surface area contributed by atoms with E-state index in [0.717, 1.165) is 61.2 Å². The van der Waals surface area contributed by atoms with Crippen LogP contribution in [-0.2, 0) is 21.8 Å². The molecule has 2 fully saturated rings. The number of aryl methyl sites for hydroxylation is 1. The van der Waals surface area contributed by atoms with Crippen molar-refractivity contribution in [2.75, 3.05) is 49.2 Å². The molecule has 5 aromatic rings. The first-order valence-electron chi connectivity index (χ1n) is 17.0. The van der Waals surface area contributed by atoms with Crippen LogP contribution < -0.4 is 20.2 Å². The van der Waals surface area contributed by atoms with Gasteiger partial charge in [-0.3, -0.25) is 0 Å². The predicted molar refractivity (Wildman–Crippen MR) is 195 cm³/mol. The smallest absolute Gasteiger partial charge is 0.350 e. The number of ether oxygens (including phenoxy) is 3. The summed E-state index contributed by atoms with van der Waals surface area (Å²) in [6, 6.07) is 21.7. The van der Waals surface area contributed by atoms with E-state index < -0.39 is 5.79 Å². The fourth-order valence-corrected chi connectivity index (χ4v) is 7.06. The molecule has 11 nitrogen and oxygen atoms in total. The Kier molecular flexibility index (Phi) is 9.92. The van der Waals surface area contributed by atoms with Crippen LogP contribution in [0.3, 0.4) is 0 Å². The summed E-state index contributed by atoms with van der Waals surface area (Å²) in [5.41, 5.74) is 3.70. The summed E-state index contributed by atoms with van der Waals surface area (Å²) in [5, 5.41) is 5.32. The lowest BCUT2D eigenvalue weighted by Gasteiger charge is -2.37. The minimum absolute atomic E-state index is 0.0657. The maximum Gasteiger partial charge on any atom is 0.350 e. The van der Waals surface area contributed by atoms with E-state index in [-0.39, 0.29) is 17.8 Å². The molecule has 2 saturated heterocycles. The summed E-state index contributed by atoms with van der Waals surface area (Å²) >= 11 is 12.8. The number of rotatable bonds is 11. The fraction of sp³-hybridized carbons (Fsp3) is 0.378. The van der Waals surface area contributed by atoms with E-state index in [1.54, 1.807) is 33.9 Å². The first-order valence-corrected chi connectivity index (χ1v) is 17.7. The fourth-order valence-electron chi connectivity index (χ4n) is 6.51. The number of halogens is 2. The molecule has 1 unspecified atom stereocenters. The van der Waals surface area contributed by atoms with E-state index in [4.69, 9.17) is 37.4 Å². The molecule has 0 amide bonds. The van der Waals surface area contributed by atoms with Crippen LogP contribution in [0, 0.1) is 6.92 Å². The quantitative estimate of drug-likeness (QED) is 0.153. The van der Waals surface area contributed by atoms with E-state index >= 15 is 0 Å². The second-order valence-electron chi connectivity index (χ2n) is 12.8. The molecule has 0 aliphatic carbocycles. The molecule has 13 heteroatoms. The molecule has 2 aliphatic rings. The van der Waals surface area contributed by atoms with Crippen molar-refractivity contribution in [1.29, 1.82) is 0 Å². The molecule has 7 rings (SSSR count). The van der Waals surface area contributed by atoms with Crippen LogP contribution in [0.5, 0.6) is 5.75 Å². The zero-order valence-electron chi connectivity index (χ0n) is 28.4. The maximum atomic E-state index is 12.8. The number of aromatic nitrogens is 5. The monoisotopic (exact) mass is 717 g/mol. The molecule has 3 atom stereocenters. The van der Waals surface area contributed by atoms with Gasteiger partial charge in [-0.15, -0.1) is 0 Å². The lowest BCUT2D eigenvalue weighted by atomic mass is 10.1. The normalized spacial score (nSPS) is 20.0. The van der Waals surface area contributed by atoms with Gasteiger partial charge in [0.1, 0.15) is 30.6 Å². The number of benzene rings is 3. The Labute approximate surface area is 301 Å². The van der Waals surface area contributed by atoms with Crippen LogP contribution >= 0.6 is 23.2 Å². The lowest BCUT2D eigenvalue weighted by Crippen LogP contribution is -2.46. The zero-order chi connectivity index (χ0) is 34.8. The SMILES string of the molecule is CCC(C)n1ncn(-c2ccc(N3CCN(c4ccc(OC[C@@H]5CO[C@@](Cn6ccnc6C)(c6ccc(Cl)cc6Cl)O5)cc4)CC3)cc2)c1=O. The van der Waals surface area contributed by atoms with Gasteiger partial charge in [0.15, 0.2) is 0 Å². The minimum Gasteiger partial charge on any atom is -0.491 e. The van der Waals surface area contributed by atoms with Crippen molar-refractivity contribution in [2.45, 2.75) is 51.7 Å². The van der Waals surface area contributed by atoms with Crippen molar-refractivity contribution >= 4 is 34.6 Å². The number of hydrogen-bond acceptors (Lipinski definition) is 8. The van der Waals surface area contributed by atoms with Crippen LogP contribution in [0.4, 0.5) is 11.4 Å². The van der Waals surface area contributed by atoms with Crippen LogP contribution in [0.1, 0.15) is 37.7 Å². The Morgan fingerprint density at radius 1 is 0.960 bits per heavy atom. The van der Waals surface area contributed by atoms with Crippen molar-refractivity contribution in [3.8, 4) is 11.4 Å². The highest BCUT2D eigenvalue weighted by Crippen LogP contribution is 2.41. The summed E-state index contributed by atoms with van der Waals surface area (Å²) in [4.78, 5) is 21.9. The largest absolute Gasteiger partial charge is 0.491 e. The Hall–Kier alpha value is -4.29. The molecule has 262 valence electrons. The van der Waals surface area contributed by atoms with Crippen LogP contribution in [0.2, 0.25) is 10.0 Å². The molecule has 2 aromatic heterocycles. The maximum absolute atomic E-state index is 12.8. The molecule has 4 heterocycles. The predicted octanol–water partition coefficient (Wildman–Crippen LogP) is 6.49. The highest BCUT2D eigenvalue weighted by molar-refractivity contribution is 6.35. The second kappa shape index (κ2) is 14.5. The summed E-state index contributed by atoms with van der Waals surface area (Å²) in [5.74, 6) is 0.501. The number of imidazole rings is 1.